The molecule has 0 atom stereocenters. The van der Waals surface area contributed by atoms with Gasteiger partial charge in [0.25, 0.3) is 5.91 Å². The van der Waals surface area contributed by atoms with Gasteiger partial charge in [0, 0.05) is 6.92 Å². The Labute approximate surface area is 134 Å². The molecule has 0 unspecified atom stereocenters. The first-order valence-electron chi connectivity index (χ1n) is 7.43. The Kier molecular flexibility index (Phi) is 4.28. The molecule has 5 heteroatoms. The Morgan fingerprint density at radius 1 is 1.17 bits per heavy atom. The van der Waals surface area contributed by atoms with E-state index >= 15 is 0 Å². The van der Waals surface area contributed by atoms with Gasteiger partial charge in [0.05, 0.1) is 5.69 Å². The summed E-state index contributed by atoms with van der Waals surface area (Å²) < 4.78 is 10.4. The van der Waals surface area contributed by atoms with Gasteiger partial charge in [0.1, 0.15) is 11.5 Å². The van der Waals surface area contributed by atoms with Crippen molar-refractivity contribution in [3.8, 4) is 11.5 Å². The van der Waals surface area contributed by atoms with Gasteiger partial charge in [-0.15, -0.1) is 0 Å². The topological polar surface area (TPSA) is 64.6 Å². The third-order valence-electron chi connectivity index (χ3n) is 3.54. The van der Waals surface area contributed by atoms with Crippen molar-refractivity contribution in [3.63, 3.8) is 0 Å². The minimum atomic E-state index is -0.326. The Morgan fingerprint density at radius 2 is 1.96 bits per heavy atom. The quantitative estimate of drug-likeness (QED) is 0.696. The van der Waals surface area contributed by atoms with E-state index in [-0.39, 0.29) is 18.5 Å². The fourth-order valence-corrected chi connectivity index (χ4v) is 2.50. The molecule has 1 aliphatic heterocycles. The normalized spacial score (nSPS) is 12.8. The van der Waals surface area contributed by atoms with Crippen molar-refractivity contribution >= 4 is 17.6 Å². The zero-order valence-electron chi connectivity index (χ0n) is 12.8. The van der Waals surface area contributed by atoms with E-state index in [1.807, 2.05) is 36.4 Å². The molecule has 0 saturated carbocycles. The number of fused-ring (bicyclic) bond motifs is 1. The molecule has 1 amide bonds. The van der Waals surface area contributed by atoms with Crippen LogP contribution in [0, 0.1) is 0 Å². The molecule has 2 aromatic carbocycles. The molecule has 0 fully saturated rings. The lowest BCUT2D eigenvalue weighted by Gasteiger charge is -2.18. The fraction of sp³-hybridized carbons (Fsp3) is 0.222. The molecule has 1 aliphatic rings. The predicted octanol–water partition coefficient (Wildman–Crippen LogP) is 2.73. The zero-order chi connectivity index (χ0) is 16.2. The Hall–Kier alpha value is -2.82. The smallest absolute Gasteiger partial charge is 0.308 e. The number of hydrogen-bond donors (Lipinski definition) is 1. The van der Waals surface area contributed by atoms with E-state index in [0.29, 0.717) is 17.2 Å². The highest BCUT2D eigenvalue weighted by Crippen LogP contribution is 2.29. The molecular weight excluding hydrogens is 294 g/mol. The van der Waals surface area contributed by atoms with Crippen LogP contribution in [-0.4, -0.2) is 18.5 Å². The second kappa shape index (κ2) is 6.52. The first-order valence-corrected chi connectivity index (χ1v) is 7.43. The van der Waals surface area contributed by atoms with Crippen molar-refractivity contribution in [2.45, 2.75) is 19.8 Å². The van der Waals surface area contributed by atoms with Gasteiger partial charge in [-0.25, -0.2) is 0 Å². The molecule has 3 rings (SSSR count). The number of amides is 1. The average molecular weight is 311 g/mol. The molecule has 5 nitrogen and oxygen atoms in total. The van der Waals surface area contributed by atoms with Crippen LogP contribution < -0.4 is 14.8 Å². The van der Waals surface area contributed by atoms with Gasteiger partial charge in [-0.1, -0.05) is 18.2 Å². The lowest BCUT2D eigenvalue weighted by atomic mass is 10.0. The fourth-order valence-electron chi connectivity index (χ4n) is 2.50. The maximum Gasteiger partial charge on any atom is 0.308 e. The second-order valence-corrected chi connectivity index (χ2v) is 5.41. The molecule has 1 N–H and O–H groups in total. The van der Waals surface area contributed by atoms with Gasteiger partial charge in [-0.2, -0.15) is 0 Å². The first-order chi connectivity index (χ1) is 11.1. The number of benzene rings is 2. The third kappa shape index (κ3) is 3.88. The summed E-state index contributed by atoms with van der Waals surface area (Å²) in [6, 6.07) is 13.3. The standard InChI is InChI=1S/C18H17NO4/c1-12(20)23-15-4-2-3-13(9-15)5-6-14-7-8-17-16(10-14)19-18(21)11-22-17/h2-4,7-10H,5-6,11H2,1H3,(H,19,21). The Morgan fingerprint density at radius 3 is 2.74 bits per heavy atom. The van der Waals surface area contributed by atoms with Gasteiger partial charge < -0.3 is 14.8 Å². The summed E-state index contributed by atoms with van der Waals surface area (Å²) in [4.78, 5) is 22.4. The van der Waals surface area contributed by atoms with Crippen LogP contribution in [0.25, 0.3) is 0 Å². The largest absolute Gasteiger partial charge is 0.482 e. The van der Waals surface area contributed by atoms with E-state index in [0.717, 1.165) is 24.0 Å². The number of esters is 1. The minimum Gasteiger partial charge on any atom is -0.482 e. The molecule has 0 saturated heterocycles. The maximum atomic E-state index is 11.4. The lowest BCUT2D eigenvalue weighted by molar-refractivity contribution is -0.131. The van der Waals surface area contributed by atoms with Gasteiger partial charge in [-0.3, -0.25) is 9.59 Å². The molecule has 118 valence electrons. The summed E-state index contributed by atoms with van der Waals surface area (Å²) in [5, 5.41) is 2.81. The number of rotatable bonds is 4. The van der Waals surface area contributed by atoms with Gasteiger partial charge in [-0.05, 0) is 48.2 Å². The van der Waals surface area contributed by atoms with Crippen LogP contribution >= 0.6 is 0 Å². The van der Waals surface area contributed by atoms with Crippen LogP contribution in [0.2, 0.25) is 0 Å². The van der Waals surface area contributed by atoms with E-state index in [9.17, 15) is 9.59 Å². The molecule has 0 bridgehead atoms. The van der Waals surface area contributed by atoms with Crippen molar-refractivity contribution in [1.82, 2.24) is 0 Å². The van der Waals surface area contributed by atoms with Gasteiger partial charge in [0.2, 0.25) is 0 Å². The van der Waals surface area contributed by atoms with Crippen molar-refractivity contribution in [3.05, 3.63) is 53.6 Å². The lowest BCUT2D eigenvalue weighted by Crippen LogP contribution is -2.25. The predicted molar refractivity (Wildman–Crippen MR) is 85.7 cm³/mol. The highest BCUT2D eigenvalue weighted by molar-refractivity contribution is 5.95. The highest BCUT2D eigenvalue weighted by atomic mass is 16.5. The first kappa shape index (κ1) is 15.1. The van der Waals surface area contributed by atoms with Crippen molar-refractivity contribution in [2.75, 3.05) is 11.9 Å². The number of aryl methyl sites for hydroxylation is 2. The summed E-state index contributed by atoms with van der Waals surface area (Å²) in [7, 11) is 0. The highest BCUT2D eigenvalue weighted by Gasteiger charge is 2.15. The van der Waals surface area contributed by atoms with Crippen molar-refractivity contribution in [1.29, 1.82) is 0 Å². The maximum absolute atomic E-state index is 11.4. The Bertz CT molecular complexity index is 754. The summed E-state index contributed by atoms with van der Waals surface area (Å²) in [6.45, 7) is 1.45. The SMILES string of the molecule is CC(=O)Oc1cccc(CCc2ccc3c(c2)NC(=O)CO3)c1. The molecule has 1 heterocycles. The molecule has 0 radical (unpaired) electrons. The zero-order valence-corrected chi connectivity index (χ0v) is 12.8. The molecule has 0 spiro atoms. The van der Waals surface area contributed by atoms with Gasteiger partial charge in [0.15, 0.2) is 6.61 Å². The van der Waals surface area contributed by atoms with Crippen molar-refractivity contribution < 1.29 is 19.1 Å². The number of hydrogen-bond acceptors (Lipinski definition) is 4. The van der Waals surface area contributed by atoms with Crippen LogP contribution in [0.4, 0.5) is 5.69 Å². The third-order valence-corrected chi connectivity index (χ3v) is 3.54. The van der Waals surface area contributed by atoms with E-state index < -0.39 is 0 Å². The van der Waals surface area contributed by atoms with Crippen LogP contribution in [0.1, 0.15) is 18.1 Å². The summed E-state index contributed by atoms with van der Waals surface area (Å²) in [5.41, 5.74) is 2.90. The molecule has 0 aromatic heterocycles. The van der Waals surface area contributed by atoms with E-state index in [1.54, 1.807) is 6.07 Å². The second-order valence-electron chi connectivity index (χ2n) is 5.41. The number of anilines is 1. The molecular formula is C18H17NO4. The minimum absolute atomic E-state index is 0.0648. The summed E-state index contributed by atoms with van der Waals surface area (Å²) >= 11 is 0. The van der Waals surface area contributed by atoms with Gasteiger partial charge >= 0.3 is 5.97 Å². The van der Waals surface area contributed by atoms with Crippen LogP contribution in [0.15, 0.2) is 42.5 Å². The number of carbonyl (C=O) groups is 2. The number of ether oxygens (including phenoxy) is 2. The molecule has 0 aliphatic carbocycles. The van der Waals surface area contributed by atoms with E-state index in [2.05, 4.69) is 5.32 Å². The van der Waals surface area contributed by atoms with E-state index in [4.69, 9.17) is 9.47 Å². The summed E-state index contributed by atoms with van der Waals surface area (Å²) in [5.74, 6) is 0.794. The average Bonchev–Trinajstić information content (AvgIpc) is 2.52. The molecule has 23 heavy (non-hydrogen) atoms. The van der Waals surface area contributed by atoms with Crippen LogP contribution in [0.5, 0.6) is 11.5 Å². The monoisotopic (exact) mass is 311 g/mol. The van der Waals surface area contributed by atoms with E-state index in [1.165, 1.54) is 6.92 Å². The van der Waals surface area contributed by atoms with Crippen LogP contribution in [0.3, 0.4) is 0 Å². The summed E-state index contributed by atoms with van der Waals surface area (Å²) in [6.07, 6.45) is 1.62. The van der Waals surface area contributed by atoms with Crippen LogP contribution in [-0.2, 0) is 22.4 Å². The van der Waals surface area contributed by atoms with Crippen molar-refractivity contribution in [2.24, 2.45) is 0 Å². The molecule has 2 aromatic rings. The number of carbonyl (C=O) groups excluding carboxylic acids is 2. The Balaban J connectivity index is 1.68. The number of nitrogens with one attached hydrogen (secondary N) is 1.